The fourth-order valence-corrected chi connectivity index (χ4v) is 2.53. The van der Waals surface area contributed by atoms with E-state index in [1.165, 1.54) is 0 Å². The van der Waals surface area contributed by atoms with Gasteiger partial charge in [-0.25, -0.2) is 24.0 Å². The number of esters is 2. The number of hydrogen-bond acceptors (Lipinski definition) is 7. The number of carbonyl (C=O) groups excluding carboxylic acids is 2. The molecule has 11 nitrogen and oxygen atoms in total. The highest BCUT2D eigenvalue weighted by molar-refractivity contribution is 6.09. The third-order valence-electron chi connectivity index (χ3n) is 3.86. The lowest BCUT2D eigenvalue weighted by molar-refractivity contribution is -0.137. The second-order valence-electron chi connectivity index (χ2n) is 5.76. The number of benzene rings is 2. The Balaban J connectivity index is 0.000000230. The minimum atomic E-state index is -1.66. The van der Waals surface area contributed by atoms with Crippen LogP contribution in [-0.4, -0.2) is 56.2 Å². The lowest BCUT2D eigenvalue weighted by Gasteiger charge is -2.12. The Morgan fingerprint density at radius 2 is 1.10 bits per heavy atom. The molecule has 0 fully saturated rings. The first-order valence-electron chi connectivity index (χ1n) is 7.97. The van der Waals surface area contributed by atoms with Crippen LogP contribution < -0.4 is 0 Å². The molecule has 1 aliphatic heterocycles. The third kappa shape index (κ3) is 4.65. The van der Waals surface area contributed by atoms with E-state index in [0.29, 0.717) is 17.7 Å². The number of cyclic esters (lactones) is 2. The number of ether oxygens (including phenoxy) is 1. The van der Waals surface area contributed by atoms with Crippen molar-refractivity contribution in [2.45, 2.75) is 6.42 Å². The molecule has 0 saturated carbocycles. The first kappa shape index (κ1) is 21.8. The summed E-state index contributed by atoms with van der Waals surface area (Å²) in [5, 5.41) is 35.0. The zero-order chi connectivity index (χ0) is 22.6. The van der Waals surface area contributed by atoms with Crippen molar-refractivity contribution in [3.8, 4) is 0 Å². The van der Waals surface area contributed by atoms with Crippen LogP contribution >= 0.6 is 0 Å². The second kappa shape index (κ2) is 8.65. The number of aromatic carboxylic acids is 4. The van der Waals surface area contributed by atoms with E-state index in [9.17, 15) is 28.8 Å². The highest BCUT2D eigenvalue weighted by Crippen LogP contribution is 2.19. The Kier molecular flexibility index (Phi) is 6.27. The van der Waals surface area contributed by atoms with E-state index < -0.39 is 58.1 Å². The normalized spacial score (nSPS) is 12.0. The Hall–Kier alpha value is -4.54. The highest BCUT2D eigenvalue weighted by atomic mass is 16.6. The van der Waals surface area contributed by atoms with Gasteiger partial charge in [0.05, 0.1) is 34.2 Å². The highest BCUT2D eigenvalue weighted by Gasteiger charge is 2.25. The minimum absolute atomic E-state index is 0.196. The first-order chi connectivity index (χ1) is 14.0. The first-order valence-corrected chi connectivity index (χ1v) is 7.97. The molecule has 0 aliphatic carbocycles. The molecule has 0 saturated heterocycles. The summed E-state index contributed by atoms with van der Waals surface area (Å²) in [6.45, 7) is 0. The summed E-state index contributed by atoms with van der Waals surface area (Å²) in [4.78, 5) is 65.0. The van der Waals surface area contributed by atoms with Crippen molar-refractivity contribution in [2.24, 2.45) is 0 Å². The fraction of sp³-hybridized carbons (Fsp3) is 0.0526. The molecule has 1 aliphatic rings. The summed E-state index contributed by atoms with van der Waals surface area (Å²) < 4.78 is 4.43. The molecule has 0 bridgehead atoms. The van der Waals surface area contributed by atoms with Crippen molar-refractivity contribution in [1.82, 2.24) is 0 Å². The van der Waals surface area contributed by atoms with Gasteiger partial charge in [0.1, 0.15) is 0 Å². The van der Waals surface area contributed by atoms with Crippen LogP contribution in [0.3, 0.4) is 0 Å². The van der Waals surface area contributed by atoms with E-state index in [1.54, 1.807) is 24.3 Å². The van der Waals surface area contributed by atoms with Gasteiger partial charge < -0.3 is 25.2 Å². The summed E-state index contributed by atoms with van der Waals surface area (Å²) in [6, 6.07) is 7.98. The van der Waals surface area contributed by atoms with Crippen LogP contribution in [0.5, 0.6) is 0 Å². The Morgan fingerprint density at radius 1 is 0.700 bits per heavy atom. The van der Waals surface area contributed by atoms with E-state index in [-0.39, 0.29) is 6.42 Å². The van der Waals surface area contributed by atoms with Gasteiger partial charge in [-0.3, -0.25) is 4.79 Å². The maximum Gasteiger partial charge on any atom is 0.346 e. The van der Waals surface area contributed by atoms with Gasteiger partial charge in [-0.2, -0.15) is 0 Å². The quantitative estimate of drug-likeness (QED) is 0.416. The molecule has 1 heterocycles. The number of carboxylic acids is 4. The van der Waals surface area contributed by atoms with E-state index in [0.717, 1.165) is 5.56 Å². The predicted octanol–water partition coefficient (Wildman–Crippen LogP) is 1.41. The fourth-order valence-electron chi connectivity index (χ4n) is 2.53. The van der Waals surface area contributed by atoms with Gasteiger partial charge in [-0.05, 0) is 23.8 Å². The minimum Gasteiger partial charge on any atom is -0.478 e. The van der Waals surface area contributed by atoms with Crippen LogP contribution in [0.15, 0.2) is 36.4 Å². The standard InChI is InChI=1S/C10H6O8.C9H6O3/c11-7(12)3-1-4(8(13)14)6(10(17)18)2-5(3)9(15)16;10-8-5-6-3-1-2-4-7(6)9(11)12-8/h1-2H,(H,11,12)(H,13,14)(H,15,16)(H,17,18);1-4H,5H2. The zero-order valence-corrected chi connectivity index (χ0v) is 14.8. The smallest absolute Gasteiger partial charge is 0.346 e. The molecule has 11 heteroatoms. The molecular weight excluding hydrogens is 404 g/mol. The SMILES string of the molecule is O=C(O)c1cc(C(=O)O)c(C(=O)O)cc1C(=O)O.O=C1Cc2ccccc2C(=O)O1. The summed E-state index contributed by atoms with van der Waals surface area (Å²) in [5.74, 6) is -7.65. The average molecular weight is 416 g/mol. The Labute approximate surface area is 166 Å². The molecule has 0 unspecified atom stereocenters. The van der Waals surface area contributed by atoms with E-state index in [2.05, 4.69) is 4.74 Å². The predicted molar refractivity (Wildman–Crippen MR) is 94.8 cm³/mol. The van der Waals surface area contributed by atoms with Crippen LogP contribution in [0.25, 0.3) is 0 Å². The van der Waals surface area contributed by atoms with Crippen molar-refractivity contribution in [3.63, 3.8) is 0 Å². The molecular formula is C19H12O11. The zero-order valence-electron chi connectivity index (χ0n) is 14.8. The molecule has 0 atom stereocenters. The maximum absolute atomic E-state index is 11.1. The molecule has 2 aromatic rings. The van der Waals surface area contributed by atoms with Crippen LogP contribution in [-0.2, 0) is 16.0 Å². The van der Waals surface area contributed by atoms with E-state index >= 15 is 0 Å². The lowest BCUT2D eigenvalue weighted by Crippen LogP contribution is -2.22. The second-order valence-corrected chi connectivity index (χ2v) is 5.76. The van der Waals surface area contributed by atoms with Gasteiger partial charge >= 0.3 is 35.8 Å². The molecule has 0 spiro atoms. The Bertz CT molecular complexity index is 999. The number of carbonyl (C=O) groups is 6. The summed E-state index contributed by atoms with van der Waals surface area (Å²) in [7, 11) is 0. The van der Waals surface area contributed by atoms with Crippen LogP contribution in [0.4, 0.5) is 0 Å². The van der Waals surface area contributed by atoms with Crippen LogP contribution in [0.2, 0.25) is 0 Å². The van der Waals surface area contributed by atoms with Crippen molar-refractivity contribution in [3.05, 3.63) is 69.8 Å². The number of rotatable bonds is 4. The van der Waals surface area contributed by atoms with Gasteiger partial charge in [0.25, 0.3) is 0 Å². The monoisotopic (exact) mass is 416 g/mol. The summed E-state index contributed by atoms with van der Waals surface area (Å²) >= 11 is 0. The van der Waals surface area contributed by atoms with Gasteiger partial charge in [-0.1, -0.05) is 18.2 Å². The van der Waals surface area contributed by atoms with Crippen molar-refractivity contribution in [2.75, 3.05) is 0 Å². The van der Waals surface area contributed by atoms with Gasteiger partial charge in [0.2, 0.25) is 0 Å². The number of fused-ring (bicyclic) bond motifs is 1. The number of hydrogen-bond donors (Lipinski definition) is 4. The topological polar surface area (TPSA) is 193 Å². The van der Waals surface area contributed by atoms with Gasteiger partial charge in [0.15, 0.2) is 0 Å². The maximum atomic E-state index is 11.1. The summed E-state index contributed by atoms with van der Waals surface area (Å²) in [5.41, 5.74) is -1.90. The number of carboxylic acid groups (broad SMARTS) is 4. The van der Waals surface area contributed by atoms with Crippen molar-refractivity contribution >= 4 is 35.8 Å². The van der Waals surface area contributed by atoms with Crippen LogP contribution in [0, 0.1) is 0 Å². The van der Waals surface area contributed by atoms with Crippen LogP contribution in [0.1, 0.15) is 57.4 Å². The molecule has 2 aromatic carbocycles. The Morgan fingerprint density at radius 3 is 1.50 bits per heavy atom. The molecule has 154 valence electrons. The molecule has 0 aromatic heterocycles. The van der Waals surface area contributed by atoms with Gasteiger partial charge in [0, 0.05) is 0 Å². The average Bonchev–Trinajstić information content (AvgIpc) is 2.67. The summed E-state index contributed by atoms with van der Waals surface area (Å²) in [6.07, 6.45) is 0.196. The molecule has 0 amide bonds. The van der Waals surface area contributed by atoms with Gasteiger partial charge in [-0.15, -0.1) is 0 Å². The third-order valence-corrected chi connectivity index (χ3v) is 3.86. The van der Waals surface area contributed by atoms with Crippen molar-refractivity contribution < 1.29 is 53.9 Å². The molecule has 0 radical (unpaired) electrons. The van der Waals surface area contributed by atoms with E-state index in [1.807, 2.05) is 0 Å². The van der Waals surface area contributed by atoms with E-state index in [4.69, 9.17) is 20.4 Å². The lowest BCUT2D eigenvalue weighted by atomic mass is 9.98. The largest absolute Gasteiger partial charge is 0.478 e. The molecule has 4 N–H and O–H groups in total. The van der Waals surface area contributed by atoms with Crippen molar-refractivity contribution in [1.29, 1.82) is 0 Å². The molecule has 30 heavy (non-hydrogen) atoms. The molecule has 3 rings (SSSR count).